The number of aromatic nitrogens is 3. The van der Waals surface area contributed by atoms with Crippen LogP contribution in [-0.2, 0) is 0 Å². The number of amides is 1. The number of anilines is 1. The summed E-state index contributed by atoms with van der Waals surface area (Å²) in [7, 11) is 1.63. The van der Waals surface area contributed by atoms with Gasteiger partial charge in [-0.25, -0.2) is 4.98 Å². The van der Waals surface area contributed by atoms with Crippen molar-refractivity contribution in [2.75, 3.05) is 12.4 Å². The average Bonchev–Trinajstić information content (AvgIpc) is 3.24. The lowest BCUT2D eigenvalue weighted by molar-refractivity contribution is 0.102. The molecule has 4 aromatic rings. The fourth-order valence-electron chi connectivity index (χ4n) is 2.64. The van der Waals surface area contributed by atoms with Crippen molar-refractivity contribution < 1.29 is 9.53 Å². The second-order valence-corrected chi connectivity index (χ2v) is 7.80. The molecule has 0 unspecified atom stereocenters. The maximum Gasteiger partial charge on any atom is 0.256 e. The minimum Gasteiger partial charge on any atom is -0.497 e. The summed E-state index contributed by atoms with van der Waals surface area (Å²) < 4.78 is 8.85. The summed E-state index contributed by atoms with van der Waals surface area (Å²) in [6, 6.07) is 14.8. The maximum absolute atomic E-state index is 12.6. The molecular formula is C19H15BrN4O2S. The fraction of sp³-hybridized carbons (Fsp3) is 0.105. The van der Waals surface area contributed by atoms with Gasteiger partial charge in [0.15, 0.2) is 0 Å². The number of rotatable bonds is 4. The molecule has 2 heterocycles. The number of fused-ring (bicyclic) bond motifs is 1. The second kappa shape index (κ2) is 7.13. The first kappa shape index (κ1) is 17.7. The van der Waals surface area contributed by atoms with Crippen molar-refractivity contribution in [2.24, 2.45) is 0 Å². The molecule has 0 fully saturated rings. The van der Waals surface area contributed by atoms with Gasteiger partial charge >= 0.3 is 0 Å². The molecule has 2 aromatic carbocycles. The third kappa shape index (κ3) is 3.58. The van der Waals surface area contributed by atoms with Crippen LogP contribution in [0.1, 0.15) is 16.1 Å². The van der Waals surface area contributed by atoms with Crippen LogP contribution in [0.15, 0.2) is 53.0 Å². The third-order valence-corrected chi connectivity index (χ3v) is 5.48. The minimum absolute atomic E-state index is 0.202. The van der Waals surface area contributed by atoms with Gasteiger partial charge in [-0.2, -0.15) is 9.78 Å². The third-order valence-electron chi connectivity index (χ3n) is 3.94. The molecule has 0 bridgehead atoms. The van der Waals surface area contributed by atoms with Crippen LogP contribution in [0.3, 0.4) is 0 Å². The highest BCUT2D eigenvalue weighted by atomic mass is 79.9. The molecule has 1 N–H and O–H groups in total. The lowest BCUT2D eigenvalue weighted by atomic mass is 10.2. The molecule has 27 heavy (non-hydrogen) atoms. The smallest absolute Gasteiger partial charge is 0.256 e. The van der Waals surface area contributed by atoms with E-state index in [2.05, 4.69) is 31.3 Å². The van der Waals surface area contributed by atoms with Crippen LogP contribution < -0.4 is 10.1 Å². The number of aryl methyl sites for hydroxylation is 1. The number of benzene rings is 2. The summed E-state index contributed by atoms with van der Waals surface area (Å²) in [5.74, 6) is 1.12. The molecule has 0 spiro atoms. The van der Waals surface area contributed by atoms with Crippen molar-refractivity contribution >= 4 is 49.2 Å². The van der Waals surface area contributed by atoms with E-state index in [0.717, 1.165) is 26.1 Å². The molecule has 1 amide bonds. The molecule has 136 valence electrons. The zero-order valence-electron chi connectivity index (χ0n) is 14.6. The van der Waals surface area contributed by atoms with E-state index in [1.807, 2.05) is 43.3 Å². The first-order valence-electron chi connectivity index (χ1n) is 8.12. The van der Waals surface area contributed by atoms with Crippen LogP contribution in [0.2, 0.25) is 0 Å². The van der Waals surface area contributed by atoms with E-state index in [-0.39, 0.29) is 5.91 Å². The number of carbonyl (C=O) groups excluding carboxylic acids is 1. The van der Waals surface area contributed by atoms with Gasteiger partial charge in [-0.05, 0) is 43.3 Å². The summed E-state index contributed by atoms with van der Waals surface area (Å²) in [6.45, 7) is 1.88. The van der Waals surface area contributed by atoms with Crippen molar-refractivity contribution in [2.45, 2.75) is 6.92 Å². The minimum atomic E-state index is -0.202. The van der Waals surface area contributed by atoms with Crippen molar-refractivity contribution in [3.05, 3.63) is 64.3 Å². The van der Waals surface area contributed by atoms with Crippen molar-refractivity contribution in [3.8, 4) is 10.9 Å². The highest BCUT2D eigenvalue weighted by Gasteiger charge is 2.15. The molecule has 6 nitrogen and oxygen atoms in total. The Morgan fingerprint density at radius 3 is 2.70 bits per heavy atom. The van der Waals surface area contributed by atoms with Crippen LogP contribution in [0.5, 0.6) is 5.75 Å². The van der Waals surface area contributed by atoms with E-state index in [0.29, 0.717) is 16.5 Å². The van der Waals surface area contributed by atoms with Crippen LogP contribution in [-0.4, -0.2) is 27.8 Å². The van der Waals surface area contributed by atoms with E-state index >= 15 is 0 Å². The molecule has 0 saturated heterocycles. The van der Waals surface area contributed by atoms with Crippen molar-refractivity contribution in [1.82, 2.24) is 14.8 Å². The molecule has 0 saturated carbocycles. The number of carbonyl (C=O) groups is 1. The first-order valence-corrected chi connectivity index (χ1v) is 9.73. The Morgan fingerprint density at radius 2 is 1.96 bits per heavy atom. The van der Waals surface area contributed by atoms with Crippen LogP contribution in [0.25, 0.3) is 15.3 Å². The SMILES string of the molecule is COc1ccc2sc(-n3nc(C)cc3NC(=O)c3ccc(Br)cc3)nc2c1. The zero-order chi connectivity index (χ0) is 19.0. The van der Waals surface area contributed by atoms with Gasteiger partial charge in [0, 0.05) is 22.2 Å². The van der Waals surface area contributed by atoms with Gasteiger partial charge in [-0.3, -0.25) is 4.79 Å². The fourth-order valence-corrected chi connectivity index (χ4v) is 3.81. The topological polar surface area (TPSA) is 69.0 Å². The van der Waals surface area contributed by atoms with E-state index in [4.69, 9.17) is 4.74 Å². The molecule has 0 aliphatic carbocycles. The Bertz CT molecular complexity index is 1130. The predicted molar refractivity (Wildman–Crippen MR) is 110 cm³/mol. The number of halogens is 1. The second-order valence-electron chi connectivity index (χ2n) is 5.87. The Morgan fingerprint density at radius 1 is 1.19 bits per heavy atom. The van der Waals surface area contributed by atoms with Crippen LogP contribution >= 0.6 is 27.3 Å². The number of nitrogens with one attached hydrogen (secondary N) is 1. The molecule has 2 aromatic heterocycles. The number of hydrogen-bond acceptors (Lipinski definition) is 5. The first-order chi connectivity index (χ1) is 13.0. The maximum atomic E-state index is 12.6. The summed E-state index contributed by atoms with van der Waals surface area (Å²) >= 11 is 4.87. The summed E-state index contributed by atoms with van der Waals surface area (Å²) in [5, 5.41) is 8.09. The lowest BCUT2D eigenvalue weighted by Crippen LogP contribution is -2.15. The van der Waals surface area contributed by atoms with Crippen molar-refractivity contribution in [3.63, 3.8) is 0 Å². The highest BCUT2D eigenvalue weighted by Crippen LogP contribution is 2.29. The van der Waals surface area contributed by atoms with Gasteiger partial charge in [0.1, 0.15) is 11.6 Å². The Kier molecular flexibility index (Phi) is 4.67. The van der Waals surface area contributed by atoms with Gasteiger partial charge in [-0.15, -0.1) is 0 Å². The molecule has 0 aliphatic heterocycles. The largest absolute Gasteiger partial charge is 0.497 e. The van der Waals surface area contributed by atoms with Gasteiger partial charge in [0.2, 0.25) is 5.13 Å². The monoisotopic (exact) mass is 442 g/mol. The van der Waals surface area contributed by atoms with E-state index in [1.165, 1.54) is 11.3 Å². The van der Waals surface area contributed by atoms with E-state index in [1.54, 1.807) is 23.9 Å². The molecule has 8 heteroatoms. The molecule has 4 rings (SSSR count). The van der Waals surface area contributed by atoms with Gasteiger partial charge < -0.3 is 10.1 Å². The Labute approximate surface area is 167 Å². The van der Waals surface area contributed by atoms with Gasteiger partial charge in [-0.1, -0.05) is 27.3 Å². The van der Waals surface area contributed by atoms with Gasteiger partial charge in [0.25, 0.3) is 5.91 Å². The average molecular weight is 443 g/mol. The van der Waals surface area contributed by atoms with Crippen LogP contribution in [0, 0.1) is 6.92 Å². The summed E-state index contributed by atoms with van der Waals surface area (Å²) in [6.07, 6.45) is 0. The number of nitrogens with zero attached hydrogens (tertiary/aromatic N) is 3. The molecule has 0 radical (unpaired) electrons. The summed E-state index contributed by atoms with van der Waals surface area (Å²) in [5.41, 5.74) is 2.18. The molecular weight excluding hydrogens is 428 g/mol. The zero-order valence-corrected chi connectivity index (χ0v) is 17.0. The van der Waals surface area contributed by atoms with E-state index in [9.17, 15) is 4.79 Å². The number of hydrogen-bond donors (Lipinski definition) is 1. The van der Waals surface area contributed by atoms with E-state index < -0.39 is 0 Å². The molecule has 0 aliphatic rings. The number of thiazole rings is 1. The lowest BCUT2D eigenvalue weighted by Gasteiger charge is -2.06. The van der Waals surface area contributed by atoms with Crippen LogP contribution in [0.4, 0.5) is 5.82 Å². The standard InChI is InChI=1S/C19H15BrN4O2S/c1-11-9-17(22-18(25)12-3-5-13(20)6-4-12)24(23-11)19-21-15-10-14(26-2)7-8-16(15)27-19/h3-10H,1-2H3,(H,22,25). The van der Waals surface area contributed by atoms with Gasteiger partial charge in [0.05, 0.1) is 23.0 Å². The van der Waals surface area contributed by atoms with Crippen molar-refractivity contribution in [1.29, 1.82) is 0 Å². The Balaban J connectivity index is 1.68. The normalized spacial score (nSPS) is 10.9. The summed E-state index contributed by atoms with van der Waals surface area (Å²) in [4.78, 5) is 17.2. The Hall–Kier alpha value is -2.71. The number of methoxy groups -OCH3 is 1. The molecule has 0 atom stereocenters. The predicted octanol–water partition coefficient (Wildman–Crippen LogP) is 4.81. The quantitative estimate of drug-likeness (QED) is 0.492. The number of ether oxygens (including phenoxy) is 1. The highest BCUT2D eigenvalue weighted by molar-refractivity contribution is 9.10.